The largest absolute Gasteiger partial charge is 0.463 e. The van der Waals surface area contributed by atoms with Crippen LogP contribution in [0.3, 0.4) is 0 Å². The molecule has 0 radical (unpaired) electrons. The molecule has 2 saturated heterocycles. The van der Waals surface area contributed by atoms with E-state index in [0.29, 0.717) is 5.57 Å². The van der Waals surface area contributed by atoms with Gasteiger partial charge in [-0.05, 0) is 31.8 Å². The van der Waals surface area contributed by atoms with Crippen molar-refractivity contribution in [1.82, 2.24) is 0 Å². The Morgan fingerprint density at radius 2 is 2.05 bits per heavy atom. The third kappa shape index (κ3) is 1.69. The van der Waals surface area contributed by atoms with Crippen molar-refractivity contribution in [2.45, 2.75) is 45.2 Å². The van der Waals surface area contributed by atoms with Gasteiger partial charge in [-0.3, -0.25) is 4.79 Å². The van der Waals surface area contributed by atoms with Crippen LogP contribution in [0.5, 0.6) is 0 Å². The molecule has 0 amide bonds. The average Bonchev–Trinajstić information content (AvgIpc) is 2.66. The summed E-state index contributed by atoms with van der Waals surface area (Å²) in [6, 6.07) is 0. The molecule has 6 atom stereocenters. The molecule has 3 rings (SSSR count). The molecule has 2 N–H and O–H groups in total. The summed E-state index contributed by atoms with van der Waals surface area (Å²) in [6.45, 7) is 5.12. The van der Waals surface area contributed by atoms with Crippen LogP contribution < -0.4 is 0 Å². The first-order chi connectivity index (χ1) is 9.72. The number of carbonyl (C=O) groups is 2. The predicted octanol–water partition coefficient (Wildman–Crippen LogP) is 0.169. The summed E-state index contributed by atoms with van der Waals surface area (Å²) >= 11 is 0. The minimum absolute atomic E-state index is 0.115. The summed E-state index contributed by atoms with van der Waals surface area (Å²) in [6.07, 6.45) is -0.335. The summed E-state index contributed by atoms with van der Waals surface area (Å²) in [4.78, 5) is 24.2. The number of aliphatic hydroxyl groups excluding tert-OH is 1. The Labute approximate surface area is 122 Å². The topological polar surface area (TPSA) is 93.1 Å². The van der Waals surface area contributed by atoms with E-state index in [4.69, 9.17) is 9.47 Å². The van der Waals surface area contributed by atoms with Gasteiger partial charge in [-0.15, -0.1) is 0 Å². The highest BCUT2D eigenvalue weighted by atomic mass is 16.7. The van der Waals surface area contributed by atoms with Crippen LogP contribution in [0.4, 0.5) is 0 Å². The summed E-state index contributed by atoms with van der Waals surface area (Å²) in [7, 11) is 0. The lowest BCUT2D eigenvalue weighted by atomic mass is 9.57. The van der Waals surface area contributed by atoms with Crippen LogP contribution in [0.1, 0.15) is 27.2 Å². The summed E-state index contributed by atoms with van der Waals surface area (Å²) in [5.41, 5.74) is -0.744. The lowest BCUT2D eigenvalue weighted by molar-refractivity contribution is -0.247. The molecule has 2 fully saturated rings. The summed E-state index contributed by atoms with van der Waals surface area (Å²) in [5, 5.41) is 21.3. The number of Topliss-reactive ketones (excluding diaryl/α,β-unsaturated/α-hetero) is 1. The SMILES string of the molecule is CC1=CC[C@@]2(C(O)C1=O)C1C(C)COC(=O)C1O[C@@]2(C)O. The Bertz CT molecular complexity index is 536. The number of allylic oxidation sites excluding steroid dienone is 1. The molecule has 1 spiro atoms. The van der Waals surface area contributed by atoms with Crippen molar-refractivity contribution in [1.29, 1.82) is 0 Å². The van der Waals surface area contributed by atoms with Gasteiger partial charge in [-0.2, -0.15) is 0 Å². The van der Waals surface area contributed by atoms with Crippen LogP contribution in [0, 0.1) is 17.3 Å². The van der Waals surface area contributed by atoms with Crippen LogP contribution in [0.15, 0.2) is 11.6 Å². The standard InChI is InChI=1S/C15H20O6/c1-7-4-5-15(12(17)10(7)16)9-8(2)6-20-13(18)11(9)21-14(15,3)19/h4,8-9,11-12,17,19H,5-6H2,1-3H3/t8?,9?,11?,12?,14-,15+/m1/s1. The zero-order valence-electron chi connectivity index (χ0n) is 12.3. The fourth-order valence-electron chi connectivity index (χ4n) is 4.16. The van der Waals surface area contributed by atoms with Crippen LogP contribution in [-0.2, 0) is 19.1 Å². The number of cyclic esters (lactones) is 1. The first kappa shape index (κ1) is 14.7. The van der Waals surface area contributed by atoms with Gasteiger partial charge in [-0.25, -0.2) is 4.79 Å². The number of hydrogen-bond donors (Lipinski definition) is 2. The number of hydrogen-bond acceptors (Lipinski definition) is 6. The maximum absolute atomic E-state index is 12.2. The molecule has 2 aliphatic heterocycles. The second kappa shape index (κ2) is 4.38. The van der Waals surface area contributed by atoms with Crippen LogP contribution in [0.25, 0.3) is 0 Å². The van der Waals surface area contributed by atoms with Gasteiger partial charge in [0, 0.05) is 5.92 Å². The molecule has 116 valence electrons. The Balaban J connectivity index is 2.15. The van der Waals surface area contributed by atoms with E-state index in [1.165, 1.54) is 6.92 Å². The van der Waals surface area contributed by atoms with Gasteiger partial charge in [0.1, 0.15) is 6.10 Å². The molecule has 0 saturated carbocycles. The van der Waals surface area contributed by atoms with Gasteiger partial charge < -0.3 is 19.7 Å². The number of aliphatic hydroxyl groups is 2. The molecule has 0 aromatic heterocycles. The second-order valence-electron chi connectivity index (χ2n) is 6.55. The molecule has 0 aromatic carbocycles. The molecule has 4 unspecified atom stereocenters. The number of carbonyl (C=O) groups excluding carboxylic acids is 2. The fourth-order valence-corrected chi connectivity index (χ4v) is 4.16. The van der Waals surface area contributed by atoms with Gasteiger partial charge in [0.25, 0.3) is 0 Å². The monoisotopic (exact) mass is 296 g/mol. The lowest BCUT2D eigenvalue weighted by Gasteiger charge is -2.48. The smallest absolute Gasteiger partial charge is 0.335 e. The molecule has 3 aliphatic rings. The normalized spacial score (nSPS) is 49.9. The molecule has 6 nitrogen and oxygen atoms in total. The predicted molar refractivity (Wildman–Crippen MR) is 70.9 cm³/mol. The van der Waals surface area contributed by atoms with E-state index in [2.05, 4.69) is 0 Å². The highest BCUT2D eigenvalue weighted by molar-refractivity contribution is 6.00. The second-order valence-corrected chi connectivity index (χ2v) is 6.55. The van der Waals surface area contributed by atoms with Crippen LogP contribution in [-0.4, -0.2) is 46.6 Å². The number of esters is 1. The van der Waals surface area contributed by atoms with Crippen LogP contribution in [0.2, 0.25) is 0 Å². The quantitative estimate of drug-likeness (QED) is 0.619. The Hall–Kier alpha value is -1.24. The molecule has 0 bridgehead atoms. The van der Waals surface area contributed by atoms with Crippen molar-refractivity contribution in [2.75, 3.05) is 6.61 Å². The number of ketones is 1. The Morgan fingerprint density at radius 1 is 1.38 bits per heavy atom. The van der Waals surface area contributed by atoms with Crippen molar-refractivity contribution in [3.63, 3.8) is 0 Å². The van der Waals surface area contributed by atoms with E-state index in [1.54, 1.807) is 13.0 Å². The van der Waals surface area contributed by atoms with Crippen molar-refractivity contribution in [3.05, 3.63) is 11.6 Å². The van der Waals surface area contributed by atoms with Crippen molar-refractivity contribution >= 4 is 11.8 Å². The van der Waals surface area contributed by atoms with E-state index in [-0.39, 0.29) is 18.9 Å². The third-order valence-corrected chi connectivity index (χ3v) is 5.35. The lowest BCUT2D eigenvalue weighted by Crippen LogP contribution is -2.60. The molecule has 1 aliphatic carbocycles. The zero-order valence-corrected chi connectivity index (χ0v) is 12.3. The molecular formula is C15H20O6. The zero-order chi connectivity index (χ0) is 15.6. The Kier molecular flexibility index (Phi) is 3.06. The number of rotatable bonds is 0. The minimum Gasteiger partial charge on any atom is -0.463 e. The fraction of sp³-hybridized carbons (Fsp3) is 0.733. The van der Waals surface area contributed by atoms with Gasteiger partial charge in [0.05, 0.1) is 12.0 Å². The van der Waals surface area contributed by atoms with Gasteiger partial charge in [0.15, 0.2) is 17.7 Å². The highest BCUT2D eigenvalue weighted by Gasteiger charge is 2.71. The minimum atomic E-state index is -1.77. The van der Waals surface area contributed by atoms with Crippen molar-refractivity contribution in [2.24, 2.45) is 17.3 Å². The summed E-state index contributed by atoms with van der Waals surface area (Å²) in [5.74, 6) is -3.31. The van der Waals surface area contributed by atoms with Gasteiger partial charge >= 0.3 is 5.97 Å². The maximum Gasteiger partial charge on any atom is 0.335 e. The van der Waals surface area contributed by atoms with E-state index < -0.39 is 41.1 Å². The Morgan fingerprint density at radius 3 is 2.71 bits per heavy atom. The molecular weight excluding hydrogens is 276 g/mol. The van der Waals surface area contributed by atoms with Crippen molar-refractivity contribution < 1.29 is 29.3 Å². The maximum atomic E-state index is 12.2. The highest BCUT2D eigenvalue weighted by Crippen LogP contribution is 2.59. The van der Waals surface area contributed by atoms with E-state index in [1.807, 2.05) is 6.92 Å². The molecule has 0 aromatic rings. The number of fused-ring (bicyclic) bond motifs is 2. The first-order valence-electron chi connectivity index (χ1n) is 7.18. The van der Waals surface area contributed by atoms with Crippen molar-refractivity contribution in [3.8, 4) is 0 Å². The molecule has 2 heterocycles. The van der Waals surface area contributed by atoms with E-state index in [0.717, 1.165) is 0 Å². The number of ether oxygens (including phenoxy) is 2. The average molecular weight is 296 g/mol. The van der Waals surface area contributed by atoms with Gasteiger partial charge in [-0.1, -0.05) is 13.0 Å². The van der Waals surface area contributed by atoms with Crippen LogP contribution >= 0.6 is 0 Å². The molecule has 6 heteroatoms. The van der Waals surface area contributed by atoms with E-state index in [9.17, 15) is 19.8 Å². The van der Waals surface area contributed by atoms with E-state index >= 15 is 0 Å². The third-order valence-electron chi connectivity index (χ3n) is 5.35. The first-order valence-corrected chi connectivity index (χ1v) is 7.18. The summed E-state index contributed by atoms with van der Waals surface area (Å²) < 4.78 is 10.6. The van der Waals surface area contributed by atoms with Gasteiger partial charge in [0.2, 0.25) is 0 Å². The molecule has 21 heavy (non-hydrogen) atoms.